The number of hydrogen-bond donors (Lipinski definition) is 3. The minimum absolute atomic E-state index is 0.0176. The molecule has 0 atom stereocenters. The summed E-state index contributed by atoms with van der Waals surface area (Å²) in [6.45, 7) is 3.01. The highest BCUT2D eigenvalue weighted by atomic mass is 35.5. The number of carbonyl (C=O) groups excluding carboxylic acids is 1. The molecule has 19 heavy (non-hydrogen) atoms. The van der Waals surface area contributed by atoms with Gasteiger partial charge in [0.2, 0.25) is 0 Å². The Hall–Kier alpha value is -1.46. The van der Waals surface area contributed by atoms with E-state index in [2.05, 4.69) is 10.6 Å². The number of anilines is 1. The first-order valence-electron chi connectivity index (χ1n) is 5.46. The van der Waals surface area contributed by atoms with Crippen LogP contribution in [0.2, 0.25) is 10.0 Å². The molecule has 0 saturated heterocycles. The Bertz CT molecular complexity index is 483. The Morgan fingerprint density at radius 1 is 1.26 bits per heavy atom. The highest BCUT2D eigenvalue weighted by Gasteiger charge is 2.27. The summed E-state index contributed by atoms with van der Waals surface area (Å²) < 4.78 is 0. The molecule has 0 saturated carbocycles. The standard InChI is InChI=1S/C12H14Cl2N2O3/c1-12(2,10(17)18)6-15-11(19)16-9-7(13)4-3-5-8(9)14/h3-5H,6H2,1-2H3,(H,17,18)(H2,15,16,19). The van der Waals surface area contributed by atoms with Crippen molar-refractivity contribution in [1.82, 2.24) is 5.32 Å². The van der Waals surface area contributed by atoms with Gasteiger partial charge in [-0.3, -0.25) is 4.79 Å². The smallest absolute Gasteiger partial charge is 0.319 e. The number of carboxylic acid groups (broad SMARTS) is 1. The van der Waals surface area contributed by atoms with Crippen LogP contribution in [0.3, 0.4) is 0 Å². The lowest BCUT2D eigenvalue weighted by molar-refractivity contribution is -0.146. The first-order chi connectivity index (χ1) is 8.74. The molecule has 0 bridgehead atoms. The molecule has 0 aliphatic carbocycles. The van der Waals surface area contributed by atoms with Crippen molar-refractivity contribution in [3.8, 4) is 0 Å². The van der Waals surface area contributed by atoms with Crippen LogP contribution in [0.15, 0.2) is 18.2 Å². The molecule has 0 spiro atoms. The third kappa shape index (κ3) is 4.29. The van der Waals surface area contributed by atoms with Crippen molar-refractivity contribution in [1.29, 1.82) is 0 Å². The van der Waals surface area contributed by atoms with E-state index in [-0.39, 0.29) is 12.2 Å². The summed E-state index contributed by atoms with van der Waals surface area (Å²) in [5.74, 6) is -0.997. The Morgan fingerprint density at radius 3 is 2.26 bits per heavy atom. The van der Waals surface area contributed by atoms with E-state index in [4.69, 9.17) is 28.3 Å². The van der Waals surface area contributed by atoms with E-state index >= 15 is 0 Å². The highest BCUT2D eigenvalue weighted by molar-refractivity contribution is 6.39. The highest BCUT2D eigenvalue weighted by Crippen LogP contribution is 2.29. The van der Waals surface area contributed by atoms with Gasteiger partial charge in [-0.15, -0.1) is 0 Å². The molecule has 1 aromatic carbocycles. The van der Waals surface area contributed by atoms with Crippen LogP contribution >= 0.6 is 23.2 Å². The van der Waals surface area contributed by atoms with Crippen LogP contribution in [0, 0.1) is 5.41 Å². The summed E-state index contributed by atoms with van der Waals surface area (Å²) in [4.78, 5) is 22.5. The van der Waals surface area contributed by atoms with Crippen LogP contribution in [0.4, 0.5) is 10.5 Å². The SMILES string of the molecule is CC(C)(CNC(=O)Nc1c(Cl)cccc1Cl)C(=O)O. The molecule has 0 unspecified atom stereocenters. The van der Waals surface area contributed by atoms with Crippen LogP contribution in [0.1, 0.15) is 13.8 Å². The summed E-state index contributed by atoms with van der Waals surface area (Å²) in [6.07, 6.45) is 0. The summed E-state index contributed by atoms with van der Waals surface area (Å²) in [5, 5.41) is 14.5. The summed E-state index contributed by atoms with van der Waals surface area (Å²) in [5.41, 5.74) is -0.766. The number of halogens is 2. The molecule has 0 heterocycles. The molecule has 0 fully saturated rings. The van der Waals surface area contributed by atoms with Crippen LogP contribution in [0.25, 0.3) is 0 Å². The van der Waals surface area contributed by atoms with Crippen molar-refractivity contribution in [2.45, 2.75) is 13.8 Å². The first-order valence-corrected chi connectivity index (χ1v) is 6.22. The average Bonchev–Trinajstić information content (AvgIpc) is 2.31. The molecule has 0 aliphatic rings. The summed E-state index contributed by atoms with van der Waals surface area (Å²) >= 11 is 11.8. The van der Waals surface area contributed by atoms with Gasteiger partial charge in [-0.25, -0.2) is 4.79 Å². The largest absolute Gasteiger partial charge is 0.481 e. The zero-order chi connectivity index (χ0) is 14.6. The first kappa shape index (κ1) is 15.6. The summed E-state index contributed by atoms with van der Waals surface area (Å²) in [7, 11) is 0. The van der Waals surface area contributed by atoms with Gasteiger partial charge in [-0.1, -0.05) is 29.3 Å². The van der Waals surface area contributed by atoms with Gasteiger partial charge in [0.1, 0.15) is 0 Å². The normalized spacial score (nSPS) is 10.9. The second-order valence-corrected chi connectivity index (χ2v) is 5.41. The molecule has 1 rings (SSSR count). The Labute approximate surface area is 120 Å². The second kappa shape index (κ2) is 6.12. The minimum Gasteiger partial charge on any atom is -0.481 e. The van der Waals surface area contributed by atoms with Crippen LogP contribution in [-0.4, -0.2) is 23.7 Å². The van der Waals surface area contributed by atoms with Crippen molar-refractivity contribution < 1.29 is 14.7 Å². The monoisotopic (exact) mass is 304 g/mol. The zero-order valence-electron chi connectivity index (χ0n) is 10.5. The lowest BCUT2D eigenvalue weighted by atomic mass is 9.94. The van der Waals surface area contributed by atoms with Gasteiger partial charge in [-0.05, 0) is 26.0 Å². The quantitative estimate of drug-likeness (QED) is 0.799. The third-order valence-electron chi connectivity index (χ3n) is 2.47. The molecular formula is C12H14Cl2N2O3. The lowest BCUT2D eigenvalue weighted by Gasteiger charge is -2.19. The van der Waals surface area contributed by atoms with Crippen molar-refractivity contribution in [3.05, 3.63) is 28.2 Å². The number of hydrogen-bond acceptors (Lipinski definition) is 2. The van der Waals surface area contributed by atoms with Crippen molar-refractivity contribution in [3.63, 3.8) is 0 Å². The number of rotatable bonds is 4. The van der Waals surface area contributed by atoms with Crippen LogP contribution in [-0.2, 0) is 4.79 Å². The van der Waals surface area contributed by atoms with E-state index in [0.29, 0.717) is 10.0 Å². The number of para-hydroxylation sites is 1. The maximum absolute atomic E-state index is 11.7. The predicted molar refractivity (Wildman–Crippen MR) is 74.9 cm³/mol. The third-order valence-corrected chi connectivity index (χ3v) is 3.10. The molecule has 0 aromatic heterocycles. The summed E-state index contributed by atoms with van der Waals surface area (Å²) in [6, 6.07) is 4.26. The average molecular weight is 305 g/mol. The Morgan fingerprint density at radius 2 is 1.79 bits per heavy atom. The van der Waals surface area contributed by atoms with Crippen LogP contribution < -0.4 is 10.6 Å². The molecule has 0 radical (unpaired) electrons. The van der Waals surface area contributed by atoms with Gasteiger partial charge in [-0.2, -0.15) is 0 Å². The minimum atomic E-state index is -1.05. The Balaban J connectivity index is 2.64. The van der Waals surface area contributed by atoms with E-state index in [1.165, 1.54) is 13.8 Å². The molecule has 104 valence electrons. The van der Waals surface area contributed by atoms with Crippen LogP contribution in [0.5, 0.6) is 0 Å². The number of nitrogens with one attached hydrogen (secondary N) is 2. The fraction of sp³-hybridized carbons (Fsp3) is 0.333. The lowest BCUT2D eigenvalue weighted by Crippen LogP contribution is -2.40. The molecule has 2 amide bonds. The number of carboxylic acids is 1. The molecular weight excluding hydrogens is 291 g/mol. The van der Waals surface area contributed by atoms with Crippen molar-refractivity contribution in [2.24, 2.45) is 5.41 Å². The molecule has 3 N–H and O–H groups in total. The second-order valence-electron chi connectivity index (χ2n) is 4.59. The van der Waals surface area contributed by atoms with Gasteiger partial charge in [0.15, 0.2) is 0 Å². The van der Waals surface area contributed by atoms with E-state index in [9.17, 15) is 9.59 Å². The molecule has 0 aliphatic heterocycles. The van der Waals surface area contributed by atoms with Gasteiger partial charge in [0.25, 0.3) is 0 Å². The predicted octanol–water partition coefficient (Wildman–Crippen LogP) is 3.23. The van der Waals surface area contributed by atoms with Gasteiger partial charge < -0.3 is 15.7 Å². The number of carbonyl (C=O) groups is 2. The zero-order valence-corrected chi connectivity index (χ0v) is 12.0. The maximum atomic E-state index is 11.7. The fourth-order valence-corrected chi connectivity index (χ4v) is 1.64. The van der Waals surface area contributed by atoms with E-state index < -0.39 is 17.4 Å². The van der Waals surface area contributed by atoms with Crippen molar-refractivity contribution in [2.75, 3.05) is 11.9 Å². The fourth-order valence-electron chi connectivity index (χ4n) is 1.15. The van der Waals surface area contributed by atoms with Gasteiger partial charge in [0.05, 0.1) is 21.1 Å². The Kier molecular flexibility index (Phi) is 5.03. The van der Waals surface area contributed by atoms with E-state index in [0.717, 1.165) is 0 Å². The maximum Gasteiger partial charge on any atom is 0.319 e. The topological polar surface area (TPSA) is 78.4 Å². The number of urea groups is 1. The van der Waals surface area contributed by atoms with Gasteiger partial charge >= 0.3 is 12.0 Å². The number of benzene rings is 1. The van der Waals surface area contributed by atoms with E-state index in [1.54, 1.807) is 18.2 Å². The molecule has 1 aromatic rings. The van der Waals surface area contributed by atoms with Crippen molar-refractivity contribution >= 4 is 40.9 Å². The van der Waals surface area contributed by atoms with Gasteiger partial charge in [0, 0.05) is 6.54 Å². The number of aliphatic carboxylic acids is 1. The molecule has 5 nitrogen and oxygen atoms in total. The van der Waals surface area contributed by atoms with E-state index in [1.807, 2.05) is 0 Å². The number of amides is 2. The molecule has 7 heteroatoms.